The number of benzene rings is 1. The van der Waals surface area contributed by atoms with Gasteiger partial charge < -0.3 is 19.7 Å². The number of rotatable bonds is 6. The van der Waals surface area contributed by atoms with Gasteiger partial charge in [-0.1, -0.05) is 0 Å². The molecule has 2 rings (SSSR count). The van der Waals surface area contributed by atoms with E-state index in [1.54, 1.807) is 44.6 Å². The van der Waals surface area contributed by atoms with Crippen LogP contribution in [0.15, 0.2) is 36.5 Å². The van der Waals surface area contributed by atoms with Crippen LogP contribution in [0, 0.1) is 5.82 Å². The first kappa shape index (κ1) is 21.1. The van der Waals surface area contributed by atoms with E-state index in [-0.39, 0.29) is 12.2 Å². The number of amides is 1. The predicted octanol–water partition coefficient (Wildman–Crippen LogP) is 2.92. The molecule has 1 aromatic carbocycles. The molecule has 0 aliphatic carbocycles. The van der Waals surface area contributed by atoms with Crippen LogP contribution >= 0.6 is 0 Å². The van der Waals surface area contributed by atoms with Gasteiger partial charge in [-0.3, -0.25) is 4.79 Å². The Hall–Kier alpha value is -3.16. The molecule has 8 heteroatoms. The van der Waals surface area contributed by atoms with E-state index in [0.29, 0.717) is 16.8 Å². The molecule has 0 aliphatic rings. The minimum Gasteiger partial charge on any atom is -0.480 e. The van der Waals surface area contributed by atoms with Gasteiger partial charge in [0.25, 0.3) is 0 Å². The van der Waals surface area contributed by atoms with E-state index in [1.807, 2.05) is 0 Å². The number of aliphatic carboxylic acids is 1. The smallest absolute Gasteiger partial charge is 0.408 e. The highest BCUT2D eigenvalue weighted by Crippen LogP contribution is 2.16. The lowest BCUT2D eigenvalue weighted by Gasteiger charge is -2.22. The van der Waals surface area contributed by atoms with Gasteiger partial charge in [-0.05, 0) is 51.1 Å². The van der Waals surface area contributed by atoms with Gasteiger partial charge in [-0.15, -0.1) is 0 Å². The van der Waals surface area contributed by atoms with E-state index < -0.39 is 29.5 Å². The lowest BCUT2D eigenvalue weighted by atomic mass is 10.0. The maximum absolute atomic E-state index is 13.0. The van der Waals surface area contributed by atoms with Crippen molar-refractivity contribution in [3.8, 4) is 0 Å². The standard InChI is InChI=1S/C20H23FN2O5/c1-20(2,3)28-19(27)22-16(18(25)26)10-15-9-13(11-23(15)4)17(24)12-5-7-14(21)8-6-12/h5-9,11,16H,10H2,1-4H3,(H,22,27)(H,25,26). The number of ketones is 1. The van der Waals surface area contributed by atoms with Crippen LogP contribution in [-0.2, 0) is 23.0 Å². The quantitative estimate of drug-likeness (QED) is 0.739. The average Bonchev–Trinajstić information content (AvgIpc) is 2.93. The van der Waals surface area contributed by atoms with E-state index in [1.165, 1.54) is 24.3 Å². The molecule has 1 amide bonds. The molecule has 2 N–H and O–H groups in total. The summed E-state index contributed by atoms with van der Waals surface area (Å²) in [6, 6.07) is 5.49. The summed E-state index contributed by atoms with van der Waals surface area (Å²) in [5.74, 6) is -1.98. The molecule has 0 fully saturated rings. The highest BCUT2D eigenvalue weighted by atomic mass is 19.1. The summed E-state index contributed by atoms with van der Waals surface area (Å²) in [7, 11) is 1.67. The molecule has 0 radical (unpaired) electrons. The minimum atomic E-state index is -1.22. The number of hydrogen-bond donors (Lipinski definition) is 2. The van der Waals surface area contributed by atoms with Crippen molar-refractivity contribution in [3.63, 3.8) is 0 Å². The van der Waals surface area contributed by atoms with Crippen molar-refractivity contribution in [2.75, 3.05) is 0 Å². The summed E-state index contributed by atoms with van der Waals surface area (Å²) in [6.45, 7) is 5.02. The average molecular weight is 390 g/mol. The van der Waals surface area contributed by atoms with Crippen molar-refractivity contribution in [1.29, 1.82) is 0 Å². The van der Waals surface area contributed by atoms with E-state index in [9.17, 15) is 23.9 Å². The Balaban J connectivity index is 2.16. The van der Waals surface area contributed by atoms with Gasteiger partial charge in [-0.2, -0.15) is 0 Å². The van der Waals surface area contributed by atoms with Crippen LogP contribution in [-0.4, -0.2) is 39.2 Å². The van der Waals surface area contributed by atoms with E-state index >= 15 is 0 Å². The number of alkyl carbamates (subject to hydrolysis) is 1. The number of halogens is 1. The number of hydrogen-bond acceptors (Lipinski definition) is 4. The Bertz CT molecular complexity index is 881. The maximum Gasteiger partial charge on any atom is 0.408 e. The highest BCUT2D eigenvalue weighted by molar-refractivity contribution is 6.09. The Morgan fingerprint density at radius 1 is 1.18 bits per heavy atom. The number of nitrogens with one attached hydrogen (secondary N) is 1. The lowest BCUT2D eigenvalue weighted by molar-refractivity contribution is -0.139. The SMILES string of the molecule is Cn1cc(C(=O)c2ccc(F)cc2)cc1CC(NC(=O)OC(C)(C)C)C(=O)O. The van der Waals surface area contributed by atoms with Gasteiger partial charge in [0.2, 0.25) is 0 Å². The normalized spacial score (nSPS) is 12.3. The number of carbonyl (C=O) groups is 3. The highest BCUT2D eigenvalue weighted by Gasteiger charge is 2.25. The number of nitrogens with zero attached hydrogens (tertiary/aromatic N) is 1. The minimum absolute atomic E-state index is 0.0399. The van der Waals surface area contributed by atoms with Crippen molar-refractivity contribution < 1.29 is 28.6 Å². The van der Waals surface area contributed by atoms with Crippen LogP contribution in [0.1, 0.15) is 42.4 Å². The zero-order valence-electron chi connectivity index (χ0n) is 16.2. The fourth-order valence-corrected chi connectivity index (χ4v) is 2.56. The fraction of sp³-hybridized carbons (Fsp3) is 0.350. The molecule has 0 saturated heterocycles. The van der Waals surface area contributed by atoms with Crippen LogP contribution in [0.3, 0.4) is 0 Å². The molecule has 0 saturated carbocycles. The molecular formula is C20H23FN2O5. The molecular weight excluding hydrogens is 367 g/mol. The Morgan fingerprint density at radius 3 is 2.32 bits per heavy atom. The van der Waals surface area contributed by atoms with Crippen LogP contribution in [0.2, 0.25) is 0 Å². The number of aryl methyl sites for hydroxylation is 1. The summed E-state index contributed by atoms with van der Waals surface area (Å²) in [6.07, 6.45) is 0.687. The van der Waals surface area contributed by atoms with Crippen molar-refractivity contribution in [2.45, 2.75) is 38.8 Å². The second-order valence-electron chi connectivity index (χ2n) is 7.41. The molecule has 0 bridgehead atoms. The lowest BCUT2D eigenvalue weighted by Crippen LogP contribution is -2.44. The molecule has 1 atom stereocenters. The van der Waals surface area contributed by atoms with Crippen LogP contribution in [0.5, 0.6) is 0 Å². The van der Waals surface area contributed by atoms with Crippen LogP contribution in [0.25, 0.3) is 0 Å². The second kappa shape index (κ2) is 8.24. The van der Waals surface area contributed by atoms with Gasteiger partial charge in [-0.25, -0.2) is 14.0 Å². The van der Waals surface area contributed by atoms with E-state index in [4.69, 9.17) is 4.74 Å². The molecule has 1 aromatic heterocycles. The molecule has 150 valence electrons. The summed E-state index contributed by atoms with van der Waals surface area (Å²) in [5.41, 5.74) is 0.437. The first-order valence-electron chi connectivity index (χ1n) is 8.64. The number of carboxylic acids is 1. The molecule has 7 nitrogen and oxygen atoms in total. The van der Waals surface area contributed by atoms with Crippen molar-refractivity contribution in [1.82, 2.24) is 9.88 Å². The van der Waals surface area contributed by atoms with E-state index in [0.717, 1.165) is 0 Å². The molecule has 0 spiro atoms. The zero-order chi connectivity index (χ0) is 21.1. The zero-order valence-corrected chi connectivity index (χ0v) is 16.2. The third-order valence-electron chi connectivity index (χ3n) is 3.88. The summed E-state index contributed by atoms with van der Waals surface area (Å²) in [5, 5.41) is 11.7. The summed E-state index contributed by atoms with van der Waals surface area (Å²) >= 11 is 0. The van der Waals surface area contributed by atoms with Gasteiger partial charge >= 0.3 is 12.1 Å². The summed E-state index contributed by atoms with van der Waals surface area (Å²) < 4.78 is 19.7. The van der Waals surface area contributed by atoms with Crippen molar-refractivity contribution in [2.24, 2.45) is 7.05 Å². The van der Waals surface area contributed by atoms with Crippen molar-refractivity contribution in [3.05, 3.63) is 59.2 Å². The largest absolute Gasteiger partial charge is 0.480 e. The van der Waals surface area contributed by atoms with E-state index in [2.05, 4.69) is 5.32 Å². The Morgan fingerprint density at radius 2 is 1.79 bits per heavy atom. The van der Waals surface area contributed by atoms with Gasteiger partial charge in [0.05, 0.1) is 0 Å². The molecule has 28 heavy (non-hydrogen) atoms. The Kier molecular flexibility index (Phi) is 6.23. The predicted molar refractivity (Wildman–Crippen MR) is 99.7 cm³/mol. The molecule has 1 unspecified atom stereocenters. The topological polar surface area (TPSA) is 97.6 Å². The first-order chi connectivity index (χ1) is 13.0. The third-order valence-corrected chi connectivity index (χ3v) is 3.88. The van der Waals surface area contributed by atoms with Gasteiger partial charge in [0.1, 0.15) is 17.5 Å². The fourth-order valence-electron chi connectivity index (χ4n) is 2.56. The number of carboxylic acid groups (broad SMARTS) is 1. The number of aromatic nitrogens is 1. The molecule has 2 aromatic rings. The van der Waals surface area contributed by atoms with Crippen LogP contribution < -0.4 is 5.32 Å². The van der Waals surface area contributed by atoms with Gasteiger partial charge in [0.15, 0.2) is 5.78 Å². The number of ether oxygens (including phenoxy) is 1. The maximum atomic E-state index is 13.0. The van der Waals surface area contributed by atoms with Gasteiger partial charge in [0, 0.05) is 36.5 Å². The number of carbonyl (C=O) groups excluding carboxylic acids is 2. The molecule has 0 aliphatic heterocycles. The van der Waals surface area contributed by atoms with Crippen molar-refractivity contribution >= 4 is 17.8 Å². The second-order valence-corrected chi connectivity index (χ2v) is 7.41. The first-order valence-corrected chi connectivity index (χ1v) is 8.64. The monoisotopic (exact) mass is 390 g/mol. The molecule has 1 heterocycles. The third kappa shape index (κ3) is 5.67. The van der Waals surface area contributed by atoms with Crippen LogP contribution in [0.4, 0.5) is 9.18 Å². The summed E-state index contributed by atoms with van der Waals surface area (Å²) in [4.78, 5) is 36.0. The Labute approximate surface area is 162 Å².